The van der Waals surface area contributed by atoms with Gasteiger partial charge in [0.2, 0.25) is 0 Å². The van der Waals surface area contributed by atoms with E-state index in [2.05, 4.69) is 35.6 Å². The molecule has 0 bridgehead atoms. The molecule has 1 amide bonds. The van der Waals surface area contributed by atoms with Crippen molar-refractivity contribution < 1.29 is 9.18 Å². The number of nitriles is 1. The van der Waals surface area contributed by atoms with Crippen LogP contribution in [0.25, 0.3) is 0 Å². The molecule has 0 unspecified atom stereocenters. The molecule has 0 aliphatic carbocycles. The van der Waals surface area contributed by atoms with Gasteiger partial charge in [-0.3, -0.25) is 4.79 Å². The lowest BCUT2D eigenvalue weighted by Gasteiger charge is -2.36. The van der Waals surface area contributed by atoms with Crippen molar-refractivity contribution in [2.75, 3.05) is 28.6 Å². The first-order valence-electron chi connectivity index (χ1n) is 9.74. The van der Waals surface area contributed by atoms with Crippen molar-refractivity contribution in [3.05, 3.63) is 54.5 Å². The molecule has 11 nitrogen and oxygen atoms in total. The number of nitrogens with two attached hydrogens (primary N) is 1. The molecular formula is C20H19FN10O. The van der Waals surface area contributed by atoms with Gasteiger partial charge in [-0.2, -0.15) is 5.26 Å². The quantitative estimate of drug-likeness (QED) is 0.518. The molecule has 1 fully saturated rings. The average molecular weight is 434 g/mol. The standard InChI is InChI=1S/C20H19FN10O/c21-14-10-31(19-9-25-12(6-22)7-27-19)4-2-15(14)29-16-5-18(26-8-13(16)20(23)32)30-17-1-3-24-11-28-17/h1,3,5,7-9,11,14-15H,2,4,10H2,(H2,23,32)(H2,24,26,28,29,30)/t14-,15-/m1/s1. The van der Waals surface area contributed by atoms with Crippen LogP contribution in [0.3, 0.4) is 0 Å². The van der Waals surface area contributed by atoms with E-state index in [1.165, 1.54) is 24.9 Å². The Morgan fingerprint density at radius 1 is 1.22 bits per heavy atom. The van der Waals surface area contributed by atoms with E-state index in [0.29, 0.717) is 36.1 Å². The third-order valence-corrected chi connectivity index (χ3v) is 4.97. The minimum atomic E-state index is -1.26. The molecule has 1 aliphatic heterocycles. The summed E-state index contributed by atoms with van der Waals surface area (Å²) in [6.45, 7) is 0.600. The maximum atomic E-state index is 15.0. The van der Waals surface area contributed by atoms with E-state index in [1.54, 1.807) is 23.2 Å². The monoisotopic (exact) mass is 434 g/mol. The molecule has 3 aromatic rings. The van der Waals surface area contributed by atoms with E-state index in [4.69, 9.17) is 11.0 Å². The topological polar surface area (TPSA) is 159 Å². The van der Waals surface area contributed by atoms with Crippen LogP contribution in [-0.2, 0) is 0 Å². The van der Waals surface area contributed by atoms with E-state index in [1.807, 2.05) is 6.07 Å². The Kier molecular flexibility index (Phi) is 5.98. The van der Waals surface area contributed by atoms with Crippen LogP contribution in [-0.4, -0.2) is 56.1 Å². The van der Waals surface area contributed by atoms with Crippen molar-refractivity contribution in [1.29, 1.82) is 5.26 Å². The second-order valence-corrected chi connectivity index (χ2v) is 7.07. The number of carbonyl (C=O) groups excluding carboxylic acids is 1. The second kappa shape index (κ2) is 9.17. The molecule has 0 saturated carbocycles. The van der Waals surface area contributed by atoms with Crippen LogP contribution >= 0.6 is 0 Å². The second-order valence-electron chi connectivity index (χ2n) is 7.07. The van der Waals surface area contributed by atoms with Gasteiger partial charge < -0.3 is 21.3 Å². The Balaban J connectivity index is 1.48. The third-order valence-electron chi connectivity index (χ3n) is 4.97. The van der Waals surface area contributed by atoms with Crippen LogP contribution < -0.4 is 21.3 Å². The minimum absolute atomic E-state index is 0.0846. The molecule has 4 rings (SSSR count). The first kappa shape index (κ1) is 20.9. The van der Waals surface area contributed by atoms with Gasteiger partial charge in [0.05, 0.1) is 36.2 Å². The maximum absolute atomic E-state index is 15.0. The first-order valence-corrected chi connectivity index (χ1v) is 9.74. The molecule has 1 aliphatic rings. The largest absolute Gasteiger partial charge is 0.378 e. The Morgan fingerprint density at radius 2 is 2.09 bits per heavy atom. The lowest BCUT2D eigenvalue weighted by Crippen LogP contribution is -2.48. The zero-order valence-corrected chi connectivity index (χ0v) is 16.8. The summed E-state index contributed by atoms with van der Waals surface area (Å²) in [7, 11) is 0. The zero-order valence-electron chi connectivity index (χ0n) is 16.8. The highest BCUT2D eigenvalue weighted by Crippen LogP contribution is 2.26. The molecule has 4 N–H and O–H groups in total. The third kappa shape index (κ3) is 4.67. The van der Waals surface area contributed by atoms with Crippen LogP contribution in [0.15, 0.2) is 43.2 Å². The number of nitrogens with one attached hydrogen (secondary N) is 2. The Labute approximate surface area is 182 Å². The van der Waals surface area contributed by atoms with E-state index in [0.717, 1.165) is 0 Å². The number of hydrogen-bond donors (Lipinski definition) is 3. The van der Waals surface area contributed by atoms with Crippen molar-refractivity contribution in [2.45, 2.75) is 18.6 Å². The number of alkyl halides is 1. The van der Waals surface area contributed by atoms with Crippen LogP contribution in [0.4, 0.5) is 27.5 Å². The number of nitrogens with zero attached hydrogens (tertiary/aromatic N) is 7. The van der Waals surface area contributed by atoms with E-state index in [9.17, 15) is 4.79 Å². The van der Waals surface area contributed by atoms with Crippen molar-refractivity contribution >= 4 is 29.0 Å². The fourth-order valence-electron chi connectivity index (χ4n) is 3.35. The van der Waals surface area contributed by atoms with Crippen molar-refractivity contribution in [2.24, 2.45) is 5.73 Å². The van der Waals surface area contributed by atoms with Gasteiger partial charge in [-0.25, -0.2) is 29.3 Å². The highest BCUT2D eigenvalue weighted by molar-refractivity contribution is 5.98. The normalized spacial score (nSPS) is 17.9. The van der Waals surface area contributed by atoms with Gasteiger partial charge in [0.25, 0.3) is 5.91 Å². The van der Waals surface area contributed by atoms with Gasteiger partial charge in [0, 0.05) is 25.0 Å². The van der Waals surface area contributed by atoms with Gasteiger partial charge in [0.1, 0.15) is 36.0 Å². The number of carbonyl (C=O) groups is 1. The lowest BCUT2D eigenvalue weighted by atomic mass is 10.0. The van der Waals surface area contributed by atoms with Crippen LogP contribution in [0.5, 0.6) is 0 Å². The number of anilines is 4. The maximum Gasteiger partial charge on any atom is 0.252 e. The molecule has 0 spiro atoms. The van der Waals surface area contributed by atoms with Crippen LogP contribution in [0.1, 0.15) is 22.5 Å². The van der Waals surface area contributed by atoms with Gasteiger partial charge >= 0.3 is 0 Å². The number of hydrogen-bond acceptors (Lipinski definition) is 10. The summed E-state index contributed by atoms with van der Waals surface area (Å²) in [4.78, 5) is 33.9. The first-order chi connectivity index (χ1) is 15.5. The Morgan fingerprint density at radius 3 is 2.75 bits per heavy atom. The summed E-state index contributed by atoms with van der Waals surface area (Å²) in [6.07, 6.45) is 6.30. The predicted molar refractivity (Wildman–Crippen MR) is 114 cm³/mol. The fourth-order valence-corrected chi connectivity index (χ4v) is 3.35. The number of aromatic nitrogens is 5. The van der Waals surface area contributed by atoms with Gasteiger partial charge in [0.15, 0.2) is 5.69 Å². The smallest absolute Gasteiger partial charge is 0.252 e. The molecule has 0 aromatic carbocycles. The molecule has 0 radical (unpaired) electrons. The number of primary amides is 1. The molecule has 4 heterocycles. The van der Waals surface area contributed by atoms with Crippen LogP contribution in [0, 0.1) is 11.3 Å². The molecule has 2 atom stereocenters. The summed E-state index contributed by atoms with van der Waals surface area (Å²) in [5.41, 5.74) is 6.21. The lowest BCUT2D eigenvalue weighted by molar-refractivity contribution is 0.100. The van der Waals surface area contributed by atoms with E-state index in [-0.39, 0.29) is 17.8 Å². The Hall–Kier alpha value is -4.40. The molecule has 12 heteroatoms. The number of amides is 1. The van der Waals surface area contributed by atoms with Crippen molar-refractivity contribution in [1.82, 2.24) is 24.9 Å². The SMILES string of the molecule is N#Cc1cnc(N2CC[C@@H](Nc3cc(Nc4ccncn4)ncc3C(N)=O)[C@H](F)C2)cn1. The predicted octanol–water partition coefficient (Wildman–Crippen LogP) is 1.40. The summed E-state index contributed by atoms with van der Waals surface area (Å²) in [6, 6.07) is 4.61. The van der Waals surface area contributed by atoms with Gasteiger partial charge in [-0.15, -0.1) is 0 Å². The van der Waals surface area contributed by atoms with Crippen LogP contribution in [0.2, 0.25) is 0 Å². The number of piperidine rings is 1. The van der Waals surface area contributed by atoms with Gasteiger partial charge in [-0.1, -0.05) is 0 Å². The Bertz CT molecular complexity index is 1140. The highest BCUT2D eigenvalue weighted by atomic mass is 19.1. The number of halogens is 1. The van der Waals surface area contributed by atoms with E-state index >= 15 is 4.39 Å². The number of rotatable bonds is 6. The molecule has 3 aromatic heterocycles. The van der Waals surface area contributed by atoms with Crippen molar-refractivity contribution in [3.63, 3.8) is 0 Å². The molecule has 32 heavy (non-hydrogen) atoms. The molecule has 1 saturated heterocycles. The molecule has 162 valence electrons. The van der Waals surface area contributed by atoms with Gasteiger partial charge in [-0.05, 0) is 12.5 Å². The van der Waals surface area contributed by atoms with E-state index < -0.39 is 18.1 Å². The van der Waals surface area contributed by atoms with Crippen molar-refractivity contribution in [3.8, 4) is 6.07 Å². The minimum Gasteiger partial charge on any atom is -0.378 e. The average Bonchev–Trinajstić information content (AvgIpc) is 2.81. The zero-order chi connectivity index (χ0) is 22.5. The molecular weight excluding hydrogens is 415 g/mol. The highest BCUT2D eigenvalue weighted by Gasteiger charge is 2.31. The summed E-state index contributed by atoms with van der Waals surface area (Å²) in [5.74, 6) is 0.764. The summed E-state index contributed by atoms with van der Waals surface area (Å²) >= 11 is 0. The summed E-state index contributed by atoms with van der Waals surface area (Å²) in [5, 5.41) is 14.9. The fraction of sp³-hybridized carbons (Fsp3) is 0.250. The number of pyridine rings is 1. The summed E-state index contributed by atoms with van der Waals surface area (Å²) < 4.78 is 15.0.